The second-order valence-corrected chi connectivity index (χ2v) is 6.52. The fourth-order valence-electron chi connectivity index (χ4n) is 2.45. The molecule has 2 rings (SSSR count). The molecule has 1 N–H and O–H groups in total. The molecule has 1 aliphatic rings. The molecule has 1 saturated heterocycles. The smallest absolute Gasteiger partial charge is 0.0342 e. The first kappa shape index (κ1) is 13.5. The molecule has 1 aromatic heterocycles. The highest BCUT2D eigenvalue weighted by atomic mass is 79.9. The van der Waals surface area contributed by atoms with E-state index in [1.165, 1.54) is 41.7 Å². The average molecular weight is 317 g/mol. The molecule has 2 nitrogen and oxygen atoms in total. The molecule has 0 radical (unpaired) electrons. The van der Waals surface area contributed by atoms with Crippen LogP contribution in [0, 0.1) is 0 Å². The van der Waals surface area contributed by atoms with Gasteiger partial charge in [0, 0.05) is 28.5 Å². The average Bonchev–Trinajstić information content (AvgIpc) is 2.76. The Bertz CT molecular complexity index is 334. The van der Waals surface area contributed by atoms with E-state index in [0.29, 0.717) is 0 Å². The van der Waals surface area contributed by atoms with Gasteiger partial charge in [0.2, 0.25) is 0 Å². The van der Waals surface area contributed by atoms with Crippen LogP contribution in [0.3, 0.4) is 0 Å². The third-order valence-electron chi connectivity index (χ3n) is 3.34. The molecule has 0 saturated carbocycles. The number of nitrogens with one attached hydrogen (secondary N) is 1. The van der Waals surface area contributed by atoms with E-state index < -0.39 is 0 Å². The number of hydrogen-bond donors (Lipinski definition) is 1. The van der Waals surface area contributed by atoms with Gasteiger partial charge in [0.05, 0.1) is 0 Å². The maximum atomic E-state index is 3.64. The zero-order valence-electron chi connectivity index (χ0n) is 10.4. The predicted molar refractivity (Wildman–Crippen MR) is 78.6 cm³/mol. The predicted octanol–water partition coefficient (Wildman–Crippen LogP) is 3.47. The summed E-state index contributed by atoms with van der Waals surface area (Å²) in [7, 11) is 0. The quantitative estimate of drug-likeness (QED) is 0.894. The Morgan fingerprint density at radius 1 is 1.59 bits per heavy atom. The first-order valence-corrected chi connectivity index (χ1v) is 8.15. The second-order valence-electron chi connectivity index (χ2n) is 4.66. The summed E-state index contributed by atoms with van der Waals surface area (Å²) >= 11 is 5.50. The monoisotopic (exact) mass is 316 g/mol. The number of piperidine rings is 1. The Morgan fingerprint density at radius 3 is 3.06 bits per heavy atom. The van der Waals surface area contributed by atoms with Gasteiger partial charge in [0.1, 0.15) is 0 Å². The fourth-order valence-corrected chi connectivity index (χ4v) is 3.95. The van der Waals surface area contributed by atoms with Crippen molar-refractivity contribution in [1.29, 1.82) is 0 Å². The topological polar surface area (TPSA) is 15.3 Å². The van der Waals surface area contributed by atoms with Crippen LogP contribution in [0.5, 0.6) is 0 Å². The first-order chi connectivity index (χ1) is 8.31. The molecule has 17 heavy (non-hydrogen) atoms. The SMILES string of the molecule is CCCN(Cc1sccc1Br)C1CCCNC1. The van der Waals surface area contributed by atoms with Crippen molar-refractivity contribution in [2.45, 2.75) is 38.8 Å². The van der Waals surface area contributed by atoms with Crippen LogP contribution in [0.15, 0.2) is 15.9 Å². The van der Waals surface area contributed by atoms with Gasteiger partial charge in [0.25, 0.3) is 0 Å². The molecular weight excluding hydrogens is 296 g/mol. The van der Waals surface area contributed by atoms with Gasteiger partial charge >= 0.3 is 0 Å². The minimum atomic E-state index is 0.720. The Kier molecular flexibility index (Phi) is 5.48. The second kappa shape index (κ2) is 6.88. The van der Waals surface area contributed by atoms with E-state index in [-0.39, 0.29) is 0 Å². The van der Waals surface area contributed by atoms with E-state index in [4.69, 9.17) is 0 Å². The van der Waals surface area contributed by atoms with Crippen LogP contribution in [0.4, 0.5) is 0 Å². The molecule has 1 aromatic rings. The van der Waals surface area contributed by atoms with Crippen LogP contribution < -0.4 is 5.32 Å². The Labute approximate surface area is 117 Å². The lowest BCUT2D eigenvalue weighted by atomic mass is 10.1. The molecule has 0 spiro atoms. The van der Waals surface area contributed by atoms with Crippen molar-refractivity contribution >= 4 is 27.3 Å². The van der Waals surface area contributed by atoms with Gasteiger partial charge < -0.3 is 5.32 Å². The molecule has 0 aliphatic carbocycles. The van der Waals surface area contributed by atoms with E-state index in [9.17, 15) is 0 Å². The summed E-state index contributed by atoms with van der Waals surface area (Å²) in [5.41, 5.74) is 0. The van der Waals surface area contributed by atoms with Crippen molar-refractivity contribution in [1.82, 2.24) is 10.2 Å². The maximum Gasteiger partial charge on any atom is 0.0342 e. The van der Waals surface area contributed by atoms with Crippen molar-refractivity contribution in [3.63, 3.8) is 0 Å². The molecule has 0 aromatic carbocycles. The summed E-state index contributed by atoms with van der Waals surface area (Å²) in [6.07, 6.45) is 3.89. The van der Waals surface area contributed by atoms with Crippen LogP contribution in [0.1, 0.15) is 31.1 Å². The summed E-state index contributed by atoms with van der Waals surface area (Å²) in [5.74, 6) is 0. The summed E-state index contributed by atoms with van der Waals surface area (Å²) in [6.45, 7) is 6.92. The molecule has 0 amide bonds. The highest BCUT2D eigenvalue weighted by Crippen LogP contribution is 2.25. The molecule has 1 fully saturated rings. The van der Waals surface area contributed by atoms with Crippen LogP contribution in [0.2, 0.25) is 0 Å². The Morgan fingerprint density at radius 2 is 2.47 bits per heavy atom. The number of thiophene rings is 1. The first-order valence-electron chi connectivity index (χ1n) is 6.48. The minimum Gasteiger partial charge on any atom is -0.315 e. The maximum absolute atomic E-state index is 3.64. The lowest BCUT2D eigenvalue weighted by Crippen LogP contribution is -2.45. The van der Waals surface area contributed by atoms with Gasteiger partial charge in [0.15, 0.2) is 0 Å². The van der Waals surface area contributed by atoms with Gasteiger partial charge in [-0.05, 0) is 59.7 Å². The standard InChI is InChI=1S/C13H21BrN2S/c1-2-7-16(11-4-3-6-15-9-11)10-13-12(14)5-8-17-13/h5,8,11,15H,2-4,6-7,9-10H2,1H3. The van der Waals surface area contributed by atoms with Crippen molar-refractivity contribution < 1.29 is 0 Å². The zero-order chi connectivity index (χ0) is 12.1. The van der Waals surface area contributed by atoms with Gasteiger partial charge in [-0.2, -0.15) is 0 Å². The van der Waals surface area contributed by atoms with Crippen molar-refractivity contribution in [2.75, 3.05) is 19.6 Å². The van der Waals surface area contributed by atoms with Crippen LogP contribution >= 0.6 is 27.3 Å². The largest absolute Gasteiger partial charge is 0.315 e. The van der Waals surface area contributed by atoms with Crippen LogP contribution in [-0.4, -0.2) is 30.6 Å². The summed E-state index contributed by atoms with van der Waals surface area (Å²) in [5, 5.41) is 5.69. The van der Waals surface area contributed by atoms with Gasteiger partial charge in [-0.25, -0.2) is 0 Å². The van der Waals surface area contributed by atoms with Crippen LogP contribution in [0.25, 0.3) is 0 Å². The van der Waals surface area contributed by atoms with E-state index in [2.05, 4.69) is 44.5 Å². The van der Waals surface area contributed by atoms with Gasteiger partial charge in [-0.15, -0.1) is 11.3 Å². The highest BCUT2D eigenvalue weighted by molar-refractivity contribution is 9.10. The zero-order valence-corrected chi connectivity index (χ0v) is 12.8. The summed E-state index contributed by atoms with van der Waals surface area (Å²) < 4.78 is 1.27. The Balaban J connectivity index is 1.98. The highest BCUT2D eigenvalue weighted by Gasteiger charge is 2.21. The van der Waals surface area contributed by atoms with Crippen molar-refractivity contribution in [3.05, 3.63) is 20.8 Å². The molecule has 1 atom stereocenters. The van der Waals surface area contributed by atoms with E-state index in [1.807, 2.05) is 11.3 Å². The molecule has 2 heterocycles. The van der Waals surface area contributed by atoms with Gasteiger partial charge in [-0.1, -0.05) is 6.92 Å². The minimum absolute atomic E-state index is 0.720. The number of halogens is 1. The molecule has 1 aliphatic heterocycles. The normalized spacial score (nSPS) is 21.0. The molecule has 96 valence electrons. The molecular formula is C13H21BrN2S. The number of rotatable bonds is 5. The number of hydrogen-bond acceptors (Lipinski definition) is 3. The summed E-state index contributed by atoms with van der Waals surface area (Å²) in [4.78, 5) is 4.10. The van der Waals surface area contributed by atoms with Gasteiger partial charge in [-0.3, -0.25) is 4.90 Å². The lowest BCUT2D eigenvalue weighted by molar-refractivity contribution is 0.159. The van der Waals surface area contributed by atoms with Crippen molar-refractivity contribution in [2.24, 2.45) is 0 Å². The van der Waals surface area contributed by atoms with E-state index >= 15 is 0 Å². The van der Waals surface area contributed by atoms with E-state index in [1.54, 1.807) is 0 Å². The van der Waals surface area contributed by atoms with Crippen molar-refractivity contribution in [3.8, 4) is 0 Å². The molecule has 0 bridgehead atoms. The number of nitrogens with zero attached hydrogens (tertiary/aromatic N) is 1. The lowest BCUT2D eigenvalue weighted by Gasteiger charge is -2.34. The summed E-state index contributed by atoms with van der Waals surface area (Å²) in [6, 6.07) is 2.88. The molecule has 1 unspecified atom stereocenters. The van der Waals surface area contributed by atoms with E-state index in [0.717, 1.165) is 19.1 Å². The third-order valence-corrected chi connectivity index (χ3v) is 5.25. The fraction of sp³-hybridized carbons (Fsp3) is 0.692. The molecule has 4 heteroatoms. The third kappa shape index (κ3) is 3.78. The van der Waals surface area contributed by atoms with Crippen LogP contribution in [-0.2, 0) is 6.54 Å². The Hall–Kier alpha value is 0.1000.